The molecule has 94 valence electrons. The minimum absolute atomic E-state index is 0.107. The summed E-state index contributed by atoms with van der Waals surface area (Å²) >= 11 is 1.51. The minimum atomic E-state index is 0.107. The second kappa shape index (κ2) is 5.36. The van der Waals surface area contributed by atoms with Crippen LogP contribution in [0.5, 0.6) is 5.75 Å². The molecular formula is C15H16O2S. The Balaban J connectivity index is 2.45. The van der Waals surface area contributed by atoms with Crippen LogP contribution in [0.25, 0.3) is 10.4 Å². The lowest BCUT2D eigenvalue weighted by Crippen LogP contribution is -1.89. The maximum absolute atomic E-state index is 11.3. The Morgan fingerprint density at radius 1 is 1.28 bits per heavy atom. The van der Waals surface area contributed by atoms with Crippen molar-refractivity contribution in [2.24, 2.45) is 0 Å². The van der Waals surface area contributed by atoms with E-state index in [4.69, 9.17) is 4.74 Å². The first-order valence-corrected chi connectivity index (χ1v) is 6.75. The third kappa shape index (κ3) is 2.46. The largest absolute Gasteiger partial charge is 0.496 e. The van der Waals surface area contributed by atoms with E-state index in [9.17, 15) is 4.79 Å². The van der Waals surface area contributed by atoms with Crippen molar-refractivity contribution in [1.82, 2.24) is 0 Å². The van der Waals surface area contributed by atoms with Gasteiger partial charge in [-0.3, -0.25) is 4.79 Å². The van der Waals surface area contributed by atoms with Crippen LogP contribution in [0.3, 0.4) is 0 Å². The maximum atomic E-state index is 11.3. The van der Waals surface area contributed by atoms with E-state index in [0.29, 0.717) is 0 Å². The summed E-state index contributed by atoms with van der Waals surface area (Å²) in [6.07, 6.45) is 0.986. The van der Waals surface area contributed by atoms with Crippen LogP contribution in [0.4, 0.5) is 0 Å². The molecule has 0 spiro atoms. The monoisotopic (exact) mass is 260 g/mol. The van der Waals surface area contributed by atoms with E-state index in [1.165, 1.54) is 16.9 Å². The van der Waals surface area contributed by atoms with Crippen molar-refractivity contribution >= 4 is 17.1 Å². The average molecular weight is 260 g/mol. The Morgan fingerprint density at radius 3 is 2.61 bits per heavy atom. The van der Waals surface area contributed by atoms with Gasteiger partial charge in [0, 0.05) is 10.4 Å². The number of thiophene rings is 1. The number of aryl methyl sites for hydroxylation is 1. The van der Waals surface area contributed by atoms with E-state index in [1.807, 2.05) is 12.1 Å². The SMILES string of the molecule is CCc1ccc(-c2ccc(C(C)=O)s2)c(OC)c1. The van der Waals surface area contributed by atoms with Crippen molar-refractivity contribution in [3.05, 3.63) is 40.8 Å². The first-order chi connectivity index (χ1) is 8.65. The molecule has 18 heavy (non-hydrogen) atoms. The number of rotatable bonds is 4. The van der Waals surface area contributed by atoms with E-state index in [-0.39, 0.29) is 5.78 Å². The fourth-order valence-corrected chi connectivity index (χ4v) is 2.76. The van der Waals surface area contributed by atoms with Gasteiger partial charge >= 0.3 is 0 Å². The van der Waals surface area contributed by atoms with Gasteiger partial charge in [0.1, 0.15) is 5.75 Å². The number of carbonyl (C=O) groups excluding carboxylic acids is 1. The molecule has 0 aliphatic carbocycles. The fraction of sp³-hybridized carbons (Fsp3) is 0.267. The smallest absolute Gasteiger partial charge is 0.169 e. The Labute approximate surface area is 111 Å². The molecule has 3 heteroatoms. The van der Waals surface area contributed by atoms with Crippen LogP contribution in [0.2, 0.25) is 0 Å². The van der Waals surface area contributed by atoms with Crippen LogP contribution >= 0.6 is 11.3 Å². The molecule has 0 N–H and O–H groups in total. The average Bonchev–Trinajstić information content (AvgIpc) is 2.87. The van der Waals surface area contributed by atoms with Crippen molar-refractivity contribution < 1.29 is 9.53 Å². The van der Waals surface area contributed by atoms with Crippen molar-refractivity contribution in [3.8, 4) is 16.2 Å². The van der Waals surface area contributed by atoms with E-state index >= 15 is 0 Å². The number of hydrogen-bond donors (Lipinski definition) is 0. The lowest BCUT2D eigenvalue weighted by atomic mass is 10.1. The highest BCUT2D eigenvalue weighted by molar-refractivity contribution is 7.17. The molecule has 1 aromatic carbocycles. The zero-order chi connectivity index (χ0) is 13.1. The van der Waals surface area contributed by atoms with Crippen LogP contribution in [0.1, 0.15) is 29.1 Å². The zero-order valence-corrected chi connectivity index (χ0v) is 11.6. The number of Topliss-reactive ketones (excluding diaryl/α,β-unsaturated/α-hetero) is 1. The molecule has 2 aromatic rings. The van der Waals surface area contributed by atoms with E-state index < -0.39 is 0 Å². The Morgan fingerprint density at radius 2 is 2.06 bits per heavy atom. The lowest BCUT2D eigenvalue weighted by Gasteiger charge is -2.08. The molecule has 0 aliphatic rings. The van der Waals surface area contributed by atoms with Crippen LogP contribution < -0.4 is 4.74 Å². The summed E-state index contributed by atoms with van der Waals surface area (Å²) in [5, 5.41) is 0. The molecule has 0 saturated carbocycles. The van der Waals surface area contributed by atoms with Gasteiger partial charge in [-0.1, -0.05) is 13.0 Å². The topological polar surface area (TPSA) is 26.3 Å². The van der Waals surface area contributed by atoms with E-state index in [1.54, 1.807) is 14.0 Å². The first-order valence-electron chi connectivity index (χ1n) is 5.93. The minimum Gasteiger partial charge on any atom is -0.496 e. The van der Waals surface area contributed by atoms with Crippen LogP contribution in [-0.2, 0) is 6.42 Å². The molecular weight excluding hydrogens is 244 g/mol. The summed E-state index contributed by atoms with van der Waals surface area (Å²) in [6, 6.07) is 10.1. The van der Waals surface area contributed by atoms with Crippen molar-refractivity contribution in [2.45, 2.75) is 20.3 Å². The molecule has 0 fully saturated rings. The van der Waals surface area contributed by atoms with Crippen LogP contribution in [0.15, 0.2) is 30.3 Å². The summed E-state index contributed by atoms with van der Waals surface area (Å²) in [7, 11) is 1.68. The van der Waals surface area contributed by atoms with Crippen molar-refractivity contribution in [3.63, 3.8) is 0 Å². The Bertz CT molecular complexity index is 570. The van der Waals surface area contributed by atoms with E-state index in [0.717, 1.165) is 27.5 Å². The van der Waals surface area contributed by atoms with Gasteiger partial charge in [0.25, 0.3) is 0 Å². The third-order valence-electron chi connectivity index (χ3n) is 2.89. The summed E-state index contributed by atoms with van der Waals surface area (Å²) in [5.41, 5.74) is 2.30. The molecule has 0 aliphatic heterocycles. The lowest BCUT2D eigenvalue weighted by molar-refractivity contribution is 0.102. The molecule has 0 radical (unpaired) electrons. The summed E-state index contributed by atoms with van der Waals surface area (Å²) in [4.78, 5) is 13.2. The first kappa shape index (κ1) is 12.8. The zero-order valence-electron chi connectivity index (χ0n) is 10.8. The maximum Gasteiger partial charge on any atom is 0.169 e. The molecule has 0 amide bonds. The highest BCUT2D eigenvalue weighted by Crippen LogP contribution is 2.35. The highest BCUT2D eigenvalue weighted by atomic mass is 32.1. The summed E-state index contributed by atoms with van der Waals surface area (Å²) in [5.74, 6) is 0.974. The molecule has 1 aromatic heterocycles. The van der Waals surface area contributed by atoms with Gasteiger partial charge in [-0.05, 0) is 43.2 Å². The van der Waals surface area contributed by atoms with Gasteiger partial charge in [-0.15, -0.1) is 11.3 Å². The van der Waals surface area contributed by atoms with Crippen molar-refractivity contribution in [2.75, 3.05) is 7.11 Å². The third-order valence-corrected chi connectivity index (χ3v) is 4.11. The number of carbonyl (C=O) groups is 1. The number of ketones is 1. The van der Waals surface area contributed by atoms with Crippen LogP contribution in [0, 0.1) is 0 Å². The predicted octanol–water partition coefficient (Wildman–Crippen LogP) is 4.19. The van der Waals surface area contributed by atoms with Gasteiger partial charge in [-0.25, -0.2) is 0 Å². The molecule has 1 heterocycles. The second-order valence-corrected chi connectivity index (χ2v) is 5.19. The highest BCUT2D eigenvalue weighted by Gasteiger charge is 2.11. The Hall–Kier alpha value is -1.61. The number of hydrogen-bond acceptors (Lipinski definition) is 3. The molecule has 2 nitrogen and oxygen atoms in total. The molecule has 0 atom stereocenters. The quantitative estimate of drug-likeness (QED) is 0.770. The molecule has 2 rings (SSSR count). The van der Waals surface area contributed by atoms with Crippen LogP contribution in [-0.4, -0.2) is 12.9 Å². The number of ether oxygens (including phenoxy) is 1. The molecule has 0 unspecified atom stereocenters. The molecule has 0 saturated heterocycles. The number of benzene rings is 1. The summed E-state index contributed by atoms with van der Waals surface area (Å²) in [6.45, 7) is 3.71. The standard InChI is InChI=1S/C15H16O2S/c1-4-11-5-6-12(13(9-11)17-3)15-8-7-14(18-15)10(2)16/h5-9H,4H2,1-3H3. The van der Waals surface area contributed by atoms with Gasteiger partial charge in [0.2, 0.25) is 0 Å². The fourth-order valence-electron chi connectivity index (χ4n) is 1.83. The van der Waals surface area contributed by atoms with Gasteiger partial charge in [0.05, 0.1) is 12.0 Å². The van der Waals surface area contributed by atoms with Gasteiger partial charge in [0.15, 0.2) is 5.78 Å². The molecule has 0 bridgehead atoms. The second-order valence-electron chi connectivity index (χ2n) is 4.11. The van der Waals surface area contributed by atoms with Crippen molar-refractivity contribution in [1.29, 1.82) is 0 Å². The normalized spacial score (nSPS) is 10.4. The Kier molecular flexibility index (Phi) is 3.82. The predicted molar refractivity (Wildman–Crippen MR) is 75.7 cm³/mol. The van der Waals surface area contributed by atoms with Gasteiger partial charge < -0.3 is 4.74 Å². The number of methoxy groups -OCH3 is 1. The van der Waals surface area contributed by atoms with Gasteiger partial charge in [-0.2, -0.15) is 0 Å². The summed E-state index contributed by atoms with van der Waals surface area (Å²) < 4.78 is 5.43. The van der Waals surface area contributed by atoms with E-state index in [2.05, 4.69) is 25.1 Å².